The van der Waals surface area contributed by atoms with Crippen molar-refractivity contribution in [3.05, 3.63) is 47.5 Å². The van der Waals surface area contributed by atoms with Gasteiger partial charge < -0.3 is 30.9 Å². The molecule has 2 aliphatic heterocycles. The molecule has 1 saturated heterocycles. The normalized spacial score (nSPS) is 16.2. The van der Waals surface area contributed by atoms with Crippen LogP contribution in [0.25, 0.3) is 0 Å². The number of hydrogen-bond donors (Lipinski definition) is 3. The van der Waals surface area contributed by atoms with Crippen molar-refractivity contribution < 1.29 is 38.3 Å². The van der Waals surface area contributed by atoms with Crippen LogP contribution in [0.4, 0.5) is 9.59 Å². The largest absolute Gasteiger partial charge is 0.445 e. The summed E-state index contributed by atoms with van der Waals surface area (Å²) in [7, 11) is 2.03. The molecule has 1 aromatic carbocycles. The SMILES string of the molecule is CC(C)[C@H](CC(=O)CCCCCN1C(=O)C=CC1=O)C(=O)N[C@@H](CCCNC(N)=O)C(=O)Cc1ccc(COC(=O)N2CCCN(C)CC2)cc1. The highest BCUT2D eigenvalue weighted by molar-refractivity contribution is 6.12. The van der Waals surface area contributed by atoms with Gasteiger partial charge in [0.1, 0.15) is 12.4 Å². The number of carbonyl (C=O) groups is 7. The zero-order valence-electron chi connectivity index (χ0n) is 30.2. The summed E-state index contributed by atoms with van der Waals surface area (Å²) >= 11 is 0. The van der Waals surface area contributed by atoms with Crippen LogP contribution in [-0.4, -0.2) is 108 Å². The van der Waals surface area contributed by atoms with E-state index in [4.69, 9.17) is 10.5 Å². The van der Waals surface area contributed by atoms with E-state index >= 15 is 0 Å². The van der Waals surface area contributed by atoms with Gasteiger partial charge in [-0.05, 0) is 62.7 Å². The Balaban J connectivity index is 1.52. The molecule has 280 valence electrons. The average molecular weight is 711 g/mol. The molecule has 2 atom stereocenters. The number of Topliss-reactive ketones (excluding diaryl/α,β-unsaturated/α-hetero) is 2. The van der Waals surface area contributed by atoms with Crippen LogP contribution >= 0.6 is 0 Å². The lowest BCUT2D eigenvalue weighted by Gasteiger charge is -2.24. The molecule has 51 heavy (non-hydrogen) atoms. The van der Waals surface area contributed by atoms with Crippen molar-refractivity contribution in [1.29, 1.82) is 0 Å². The first-order chi connectivity index (χ1) is 24.3. The van der Waals surface area contributed by atoms with E-state index in [9.17, 15) is 33.6 Å². The van der Waals surface area contributed by atoms with Gasteiger partial charge in [-0.25, -0.2) is 9.59 Å². The summed E-state index contributed by atoms with van der Waals surface area (Å²) in [5, 5.41) is 5.39. The number of imide groups is 1. The number of carbonyl (C=O) groups excluding carboxylic acids is 7. The molecule has 1 aromatic rings. The first-order valence-corrected chi connectivity index (χ1v) is 17.9. The van der Waals surface area contributed by atoms with Gasteiger partial charge in [0, 0.05) is 70.1 Å². The number of ether oxygens (including phenoxy) is 1. The maximum atomic E-state index is 13.5. The molecule has 14 heteroatoms. The van der Waals surface area contributed by atoms with Crippen molar-refractivity contribution in [3.8, 4) is 0 Å². The molecule has 0 saturated carbocycles. The van der Waals surface area contributed by atoms with Crippen LogP contribution in [0.2, 0.25) is 0 Å². The minimum atomic E-state index is -0.845. The number of primary amides is 1. The van der Waals surface area contributed by atoms with E-state index < -0.39 is 18.0 Å². The van der Waals surface area contributed by atoms with Crippen molar-refractivity contribution >= 4 is 41.4 Å². The molecular formula is C37H54N6O8. The molecule has 14 nitrogen and oxygen atoms in total. The quantitative estimate of drug-likeness (QED) is 0.135. The second kappa shape index (κ2) is 20.9. The molecule has 2 heterocycles. The predicted molar refractivity (Wildman–Crippen MR) is 190 cm³/mol. The molecule has 4 N–H and O–H groups in total. The lowest BCUT2D eigenvalue weighted by atomic mass is 9.88. The predicted octanol–water partition coefficient (Wildman–Crippen LogP) is 2.72. The summed E-state index contributed by atoms with van der Waals surface area (Å²) in [6, 6.07) is 5.67. The molecule has 0 aliphatic carbocycles. The minimum Gasteiger partial charge on any atom is -0.445 e. The summed E-state index contributed by atoms with van der Waals surface area (Å²) in [6.45, 7) is 7.37. The third-order valence-electron chi connectivity index (χ3n) is 9.24. The van der Waals surface area contributed by atoms with Crippen molar-refractivity contribution in [2.75, 3.05) is 46.3 Å². The fourth-order valence-electron chi connectivity index (χ4n) is 6.05. The number of likely N-dealkylation sites (N-methyl/N-ethyl adjacent to an activating group) is 1. The number of amides is 6. The van der Waals surface area contributed by atoms with Crippen LogP contribution < -0.4 is 16.4 Å². The topological polar surface area (TPSA) is 189 Å². The summed E-state index contributed by atoms with van der Waals surface area (Å²) in [5.74, 6) is -2.13. The van der Waals surface area contributed by atoms with Gasteiger partial charge in [0.05, 0.1) is 6.04 Å². The number of nitrogens with zero attached hydrogens (tertiary/aromatic N) is 3. The van der Waals surface area contributed by atoms with Crippen molar-refractivity contribution in [2.24, 2.45) is 17.6 Å². The lowest BCUT2D eigenvalue weighted by molar-refractivity contribution is -0.137. The van der Waals surface area contributed by atoms with Gasteiger partial charge in [-0.3, -0.25) is 28.9 Å². The number of benzene rings is 1. The average Bonchev–Trinajstić information content (AvgIpc) is 3.25. The fourth-order valence-corrected chi connectivity index (χ4v) is 6.05. The molecule has 2 aliphatic rings. The Morgan fingerprint density at radius 3 is 2.24 bits per heavy atom. The number of urea groups is 1. The standard InChI is InChI=1S/C37H54N6O8/c1-26(2)30(24-29(44)9-5-4-6-20-43-33(46)15-16-34(43)47)35(48)40-31(10-7-17-39-36(38)49)32(45)23-27-11-13-28(14-12-27)25-51-37(50)42-19-8-18-41(3)21-22-42/h11-16,26,30-31H,4-10,17-25H2,1-3H3,(H,40,48)(H3,38,39,49)/t30-,31-/m0/s1. The van der Waals surface area contributed by atoms with E-state index in [0.29, 0.717) is 45.3 Å². The number of nitrogens with one attached hydrogen (secondary N) is 2. The first kappa shape index (κ1) is 40.8. The Kier molecular flexibility index (Phi) is 16.8. The van der Waals surface area contributed by atoms with Crippen LogP contribution in [0.1, 0.15) is 76.3 Å². The third-order valence-corrected chi connectivity index (χ3v) is 9.24. The second-order valence-electron chi connectivity index (χ2n) is 13.7. The highest BCUT2D eigenvalue weighted by atomic mass is 16.6. The Hall–Kier alpha value is -4.59. The molecule has 6 amide bonds. The number of hydrogen-bond acceptors (Lipinski definition) is 9. The smallest absolute Gasteiger partial charge is 0.410 e. The molecule has 1 fully saturated rings. The maximum absolute atomic E-state index is 13.5. The van der Waals surface area contributed by atoms with E-state index in [-0.39, 0.29) is 80.1 Å². The molecular weight excluding hydrogens is 656 g/mol. The van der Waals surface area contributed by atoms with Gasteiger partial charge >= 0.3 is 12.1 Å². The van der Waals surface area contributed by atoms with Gasteiger partial charge in [0.15, 0.2) is 5.78 Å². The highest BCUT2D eigenvalue weighted by Crippen LogP contribution is 2.20. The van der Waals surface area contributed by atoms with Crippen LogP contribution in [-0.2, 0) is 41.7 Å². The lowest BCUT2D eigenvalue weighted by Crippen LogP contribution is -2.46. The van der Waals surface area contributed by atoms with Gasteiger partial charge in [-0.2, -0.15) is 0 Å². The third kappa shape index (κ3) is 14.3. The van der Waals surface area contributed by atoms with E-state index in [1.54, 1.807) is 29.2 Å². The Morgan fingerprint density at radius 1 is 0.882 bits per heavy atom. The molecule has 0 bridgehead atoms. The minimum absolute atomic E-state index is 0.0293. The number of nitrogens with two attached hydrogens (primary N) is 1. The fraction of sp³-hybridized carbons (Fsp3) is 0.595. The molecule has 0 spiro atoms. The Labute approximate surface area is 300 Å². The highest BCUT2D eigenvalue weighted by Gasteiger charge is 2.29. The summed E-state index contributed by atoms with van der Waals surface area (Å²) in [4.78, 5) is 92.1. The van der Waals surface area contributed by atoms with Gasteiger partial charge in [0.25, 0.3) is 11.8 Å². The molecule has 3 rings (SSSR count). The molecule has 0 aromatic heterocycles. The zero-order valence-corrected chi connectivity index (χ0v) is 30.2. The van der Waals surface area contributed by atoms with Crippen LogP contribution in [0.5, 0.6) is 0 Å². The summed E-state index contributed by atoms with van der Waals surface area (Å²) in [6.07, 6.45) is 5.85. The molecule has 0 radical (unpaired) electrons. The van der Waals surface area contributed by atoms with Crippen LogP contribution in [0, 0.1) is 11.8 Å². The Bertz CT molecular complexity index is 1390. The van der Waals surface area contributed by atoms with Crippen molar-refractivity contribution in [3.63, 3.8) is 0 Å². The van der Waals surface area contributed by atoms with Crippen LogP contribution in [0.3, 0.4) is 0 Å². The van der Waals surface area contributed by atoms with Gasteiger partial charge in [-0.15, -0.1) is 0 Å². The summed E-state index contributed by atoms with van der Waals surface area (Å²) < 4.78 is 5.53. The monoisotopic (exact) mass is 710 g/mol. The van der Waals surface area contributed by atoms with E-state index in [1.807, 2.05) is 20.9 Å². The van der Waals surface area contributed by atoms with E-state index in [1.165, 1.54) is 17.1 Å². The van der Waals surface area contributed by atoms with Crippen LogP contribution in [0.15, 0.2) is 36.4 Å². The van der Waals surface area contributed by atoms with E-state index in [2.05, 4.69) is 15.5 Å². The van der Waals surface area contributed by atoms with Crippen molar-refractivity contribution in [2.45, 2.75) is 84.3 Å². The first-order valence-electron chi connectivity index (χ1n) is 17.9. The maximum Gasteiger partial charge on any atom is 0.410 e. The number of unbranched alkanes of at least 4 members (excludes halogenated alkanes) is 2. The van der Waals surface area contributed by atoms with E-state index in [0.717, 1.165) is 30.6 Å². The zero-order chi connectivity index (χ0) is 37.3. The van der Waals surface area contributed by atoms with Gasteiger partial charge in [-0.1, -0.05) is 44.5 Å². The number of rotatable bonds is 20. The summed E-state index contributed by atoms with van der Waals surface area (Å²) in [5.41, 5.74) is 6.69. The number of ketones is 2. The van der Waals surface area contributed by atoms with Crippen molar-refractivity contribution in [1.82, 2.24) is 25.3 Å². The molecule has 0 unspecified atom stereocenters. The second-order valence-corrected chi connectivity index (χ2v) is 13.7. The Morgan fingerprint density at radius 2 is 1.57 bits per heavy atom. The van der Waals surface area contributed by atoms with Gasteiger partial charge in [0.2, 0.25) is 5.91 Å².